The van der Waals surface area contributed by atoms with Crippen LogP contribution in [-0.2, 0) is 12.8 Å². The molecular weight excluding hydrogens is 348 g/mol. The smallest absolute Gasteiger partial charge is 0.323 e. The van der Waals surface area contributed by atoms with Gasteiger partial charge >= 0.3 is 6.03 Å². The highest BCUT2D eigenvalue weighted by Gasteiger charge is 2.31. The van der Waals surface area contributed by atoms with Gasteiger partial charge in [-0.3, -0.25) is 0 Å². The number of fused-ring (bicyclic) bond motifs is 2. The van der Waals surface area contributed by atoms with Crippen LogP contribution in [0.1, 0.15) is 37.3 Å². The van der Waals surface area contributed by atoms with Crippen LogP contribution in [0.15, 0.2) is 42.6 Å². The molecule has 2 aliphatic heterocycles. The van der Waals surface area contributed by atoms with Gasteiger partial charge in [0.1, 0.15) is 5.82 Å². The van der Waals surface area contributed by atoms with Crippen molar-refractivity contribution in [1.82, 2.24) is 14.8 Å². The van der Waals surface area contributed by atoms with E-state index in [9.17, 15) is 4.79 Å². The number of anilines is 2. The Hall–Kier alpha value is -2.40. The molecule has 3 heterocycles. The summed E-state index contributed by atoms with van der Waals surface area (Å²) < 4.78 is 0. The molecule has 5 heteroatoms. The molecule has 0 aliphatic carbocycles. The number of para-hydroxylation sites is 1. The minimum absolute atomic E-state index is 0.0617. The lowest BCUT2D eigenvalue weighted by Crippen LogP contribution is -2.43. The van der Waals surface area contributed by atoms with Gasteiger partial charge in [-0.25, -0.2) is 14.7 Å². The summed E-state index contributed by atoms with van der Waals surface area (Å²) in [6, 6.07) is 12.4. The van der Waals surface area contributed by atoms with E-state index in [0.29, 0.717) is 0 Å². The molecule has 4 rings (SSSR count). The molecule has 0 radical (unpaired) electrons. The molecule has 0 spiro atoms. The van der Waals surface area contributed by atoms with Gasteiger partial charge in [0, 0.05) is 25.8 Å². The molecule has 1 aromatic heterocycles. The van der Waals surface area contributed by atoms with Crippen LogP contribution in [0.2, 0.25) is 0 Å². The van der Waals surface area contributed by atoms with E-state index in [4.69, 9.17) is 0 Å². The van der Waals surface area contributed by atoms with Crippen molar-refractivity contribution in [2.75, 3.05) is 37.6 Å². The summed E-state index contributed by atoms with van der Waals surface area (Å²) in [7, 11) is 0. The molecule has 148 valence electrons. The minimum atomic E-state index is 0.0617. The first kappa shape index (κ1) is 18.9. The van der Waals surface area contributed by atoms with Crippen molar-refractivity contribution < 1.29 is 4.79 Å². The Morgan fingerprint density at radius 3 is 2.71 bits per heavy atom. The average Bonchev–Trinajstić information content (AvgIpc) is 3.06. The standard InChI is InChI=1S/C23H30N4O/c1-2-3-14-25-15-7-16-26(18-17-25)23(28)27-21-10-5-4-8-19(21)11-12-20-9-6-13-24-22(20)27/h4-6,8-10,13H,2-3,7,11-12,14-18H2,1H3. The molecule has 28 heavy (non-hydrogen) atoms. The first-order valence-electron chi connectivity index (χ1n) is 10.6. The number of carbonyl (C=O) groups is 1. The molecule has 0 atom stereocenters. The van der Waals surface area contributed by atoms with E-state index < -0.39 is 0 Å². The molecule has 0 saturated carbocycles. The normalized spacial score (nSPS) is 17.5. The van der Waals surface area contributed by atoms with E-state index in [-0.39, 0.29) is 6.03 Å². The van der Waals surface area contributed by atoms with Gasteiger partial charge < -0.3 is 9.80 Å². The lowest BCUT2D eigenvalue weighted by Gasteiger charge is -2.30. The molecule has 0 bridgehead atoms. The number of urea groups is 1. The third-order valence-electron chi connectivity index (χ3n) is 5.85. The Kier molecular flexibility index (Phi) is 5.91. The van der Waals surface area contributed by atoms with Gasteiger partial charge in [-0.15, -0.1) is 0 Å². The van der Waals surface area contributed by atoms with Crippen molar-refractivity contribution in [3.05, 3.63) is 53.7 Å². The maximum Gasteiger partial charge on any atom is 0.330 e. The van der Waals surface area contributed by atoms with Gasteiger partial charge in [-0.05, 0) is 62.0 Å². The summed E-state index contributed by atoms with van der Waals surface area (Å²) in [5.41, 5.74) is 3.34. The van der Waals surface area contributed by atoms with Crippen LogP contribution < -0.4 is 4.90 Å². The lowest BCUT2D eigenvalue weighted by atomic mass is 10.1. The summed E-state index contributed by atoms with van der Waals surface area (Å²) in [5, 5.41) is 0. The van der Waals surface area contributed by atoms with Crippen molar-refractivity contribution in [1.29, 1.82) is 0 Å². The van der Waals surface area contributed by atoms with Crippen molar-refractivity contribution >= 4 is 17.5 Å². The van der Waals surface area contributed by atoms with Crippen molar-refractivity contribution in [3.63, 3.8) is 0 Å². The molecule has 2 aromatic rings. The topological polar surface area (TPSA) is 39.7 Å². The average molecular weight is 379 g/mol. The number of nitrogens with zero attached hydrogens (tertiary/aromatic N) is 4. The summed E-state index contributed by atoms with van der Waals surface area (Å²) in [6.07, 6.45) is 7.11. The van der Waals surface area contributed by atoms with Crippen LogP contribution in [-0.4, -0.2) is 53.5 Å². The van der Waals surface area contributed by atoms with Crippen LogP contribution in [0.3, 0.4) is 0 Å². The third-order valence-corrected chi connectivity index (χ3v) is 5.85. The number of pyridine rings is 1. The number of carbonyl (C=O) groups excluding carboxylic acids is 1. The predicted octanol–water partition coefficient (Wildman–Crippen LogP) is 4.25. The third kappa shape index (κ3) is 3.90. The minimum Gasteiger partial charge on any atom is -0.323 e. The quantitative estimate of drug-likeness (QED) is 0.802. The number of hydrogen-bond donors (Lipinski definition) is 0. The maximum atomic E-state index is 13.7. The number of benzene rings is 1. The molecule has 1 fully saturated rings. The maximum absolute atomic E-state index is 13.7. The van der Waals surface area contributed by atoms with E-state index in [1.54, 1.807) is 6.20 Å². The number of rotatable bonds is 3. The summed E-state index contributed by atoms with van der Waals surface area (Å²) in [4.78, 5) is 24.7. The Morgan fingerprint density at radius 2 is 1.82 bits per heavy atom. The number of aryl methyl sites for hydroxylation is 2. The van der Waals surface area contributed by atoms with Crippen LogP contribution in [0.4, 0.5) is 16.3 Å². The monoisotopic (exact) mass is 378 g/mol. The highest BCUT2D eigenvalue weighted by Crippen LogP contribution is 2.35. The molecule has 1 aromatic carbocycles. The summed E-state index contributed by atoms with van der Waals surface area (Å²) >= 11 is 0. The van der Waals surface area contributed by atoms with Gasteiger partial charge in [0.25, 0.3) is 0 Å². The molecule has 5 nitrogen and oxygen atoms in total. The predicted molar refractivity (Wildman–Crippen MR) is 113 cm³/mol. The van der Waals surface area contributed by atoms with Crippen LogP contribution in [0.25, 0.3) is 0 Å². The molecular formula is C23H30N4O. The van der Waals surface area contributed by atoms with Crippen LogP contribution >= 0.6 is 0 Å². The first-order chi connectivity index (χ1) is 13.8. The SMILES string of the molecule is CCCCN1CCCN(C(=O)N2c3ccccc3CCc3cccnc32)CC1. The fourth-order valence-electron chi connectivity index (χ4n) is 4.25. The zero-order valence-electron chi connectivity index (χ0n) is 16.8. The van der Waals surface area contributed by atoms with Crippen molar-refractivity contribution in [2.24, 2.45) is 0 Å². The van der Waals surface area contributed by atoms with E-state index in [1.165, 1.54) is 18.4 Å². The molecule has 0 N–H and O–H groups in total. The van der Waals surface area contributed by atoms with Crippen LogP contribution in [0.5, 0.6) is 0 Å². The Morgan fingerprint density at radius 1 is 1.00 bits per heavy atom. The van der Waals surface area contributed by atoms with Gasteiger partial charge in [0.2, 0.25) is 0 Å². The molecule has 2 amide bonds. The molecule has 2 aliphatic rings. The Bertz CT molecular complexity index is 774. The zero-order chi connectivity index (χ0) is 19.3. The van der Waals surface area contributed by atoms with Gasteiger partial charge in [0.05, 0.1) is 5.69 Å². The number of unbranched alkanes of at least 4 members (excludes halogenated alkanes) is 1. The van der Waals surface area contributed by atoms with E-state index in [2.05, 4.69) is 41.1 Å². The summed E-state index contributed by atoms with van der Waals surface area (Å²) in [5.74, 6) is 0.796. The number of amides is 2. The second kappa shape index (κ2) is 8.74. The van der Waals surface area contributed by atoms with Crippen molar-refractivity contribution in [3.8, 4) is 0 Å². The Balaban J connectivity index is 1.62. The number of hydrogen-bond acceptors (Lipinski definition) is 3. The zero-order valence-corrected chi connectivity index (χ0v) is 16.8. The fraction of sp³-hybridized carbons (Fsp3) is 0.478. The highest BCUT2D eigenvalue weighted by molar-refractivity contribution is 6.00. The van der Waals surface area contributed by atoms with E-state index in [1.807, 2.05) is 21.9 Å². The summed E-state index contributed by atoms with van der Waals surface area (Å²) in [6.45, 7) is 6.99. The first-order valence-corrected chi connectivity index (χ1v) is 10.6. The van der Waals surface area contributed by atoms with Crippen LogP contribution in [0, 0.1) is 0 Å². The molecule has 0 unspecified atom stereocenters. The van der Waals surface area contributed by atoms with Crippen molar-refractivity contribution in [2.45, 2.75) is 39.0 Å². The fourth-order valence-corrected chi connectivity index (χ4v) is 4.25. The second-order valence-corrected chi connectivity index (χ2v) is 7.77. The van der Waals surface area contributed by atoms with E-state index in [0.717, 1.165) is 69.1 Å². The van der Waals surface area contributed by atoms with E-state index >= 15 is 0 Å². The second-order valence-electron chi connectivity index (χ2n) is 7.77. The van der Waals surface area contributed by atoms with Gasteiger partial charge in [-0.1, -0.05) is 37.6 Å². The highest BCUT2D eigenvalue weighted by atomic mass is 16.2. The van der Waals surface area contributed by atoms with Gasteiger partial charge in [-0.2, -0.15) is 0 Å². The largest absolute Gasteiger partial charge is 0.330 e. The molecule has 1 saturated heterocycles. The Labute approximate surface area is 168 Å². The van der Waals surface area contributed by atoms with Gasteiger partial charge in [0.15, 0.2) is 0 Å². The lowest BCUT2D eigenvalue weighted by molar-refractivity contribution is 0.207. The number of aromatic nitrogens is 1.